The molecule has 0 fully saturated rings. The van der Waals surface area contributed by atoms with E-state index in [0.717, 1.165) is 39.3 Å². The smallest absolute Gasteiger partial charge is 0.181 e. The van der Waals surface area contributed by atoms with Crippen LogP contribution in [0.4, 0.5) is 11.5 Å². The van der Waals surface area contributed by atoms with Gasteiger partial charge in [-0.25, -0.2) is 0 Å². The lowest BCUT2D eigenvalue weighted by molar-refractivity contribution is 0.171. The van der Waals surface area contributed by atoms with Crippen LogP contribution in [0, 0.1) is 0 Å². The molecule has 0 aliphatic carbocycles. The Kier molecular flexibility index (Phi) is 5.85. The lowest BCUT2D eigenvalue weighted by Gasteiger charge is -2.19. The molecule has 1 aliphatic heterocycles. The third-order valence-electron chi connectivity index (χ3n) is 5.26. The summed E-state index contributed by atoms with van der Waals surface area (Å²) in [4.78, 5) is 0. The molecule has 0 saturated carbocycles. The number of hydrogen-bond acceptors (Lipinski definition) is 7. The van der Waals surface area contributed by atoms with E-state index in [4.69, 9.17) is 30.7 Å². The Labute approximate surface area is 189 Å². The largest absolute Gasteiger partial charge is 0.486 e. The number of nitrogens with zero attached hydrogens (tertiary/aromatic N) is 1. The molecule has 8 heteroatoms. The van der Waals surface area contributed by atoms with Crippen LogP contribution in [0.15, 0.2) is 59.1 Å². The molecule has 1 aliphatic rings. The van der Waals surface area contributed by atoms with Crippen LogP contribution in [0.2, 0.25) is 5.02 Å². The first-order valence-corrected chi connectivity index (χ1v) is 10.8. The fraction of sp³-hybridized carbons (Fsp3) is 0.208. The standard InChI is InChI=1S/C24H22ClN3O4/c25-23-17(16-5-7-20-22(13-16)31-11-10-30-20)2-1-3-19(23)27-24-18-6-4-15(14-26-8-9-29)12-21(18)32-28-24/h1-7,12-13,26,29H,8-11,14H2,(H,27,28). The second kappa shape index (κ2) is 9.08. The van der Waals surface area contributed by atoms with Crippen molar-refractivity contribution in [3.63, 3.8) is 0 Å². The van der Waals surface area contributed by atoms with Crippen molar-refractivity contribution in [3.8, 4) is 22.6 Å². The van der Waals surface area contributed by atoms with Gasteiger partial charge in [-0.1, -0.05) is 41.0 Å². The van der Waals surface area contributed by atoms with E-state index < -0.39 is 0 Å². The van der Waals surface area contributed by atoms with Gasteiger partial charge in [0.1, 0.15) is 13.2 Å². The topological polar surface area (TPSA) is 88.8 Å². The maximum atomic E-state index is 8.90. The zero-order valence-electron chi connectivity index (χ0n) is 17.2. The van der Waals surface area contributed by atoms with E-state index >= 15 is 0 Å². The molecule has 32 heavy (non-hydrogen) atoms. The predicted molar refractivity (Wildman–Crippen MR) is 124 cm³/mol. The predicted octanol–water partition coefficient (Wildman–Crippen LogP) is 4.74. The molecule has 7 nitrogen and oxygen atoms in total. The second-order valence-corrected chi connectivity index (χ2v) is 7.79. The Morgan fingerprint density at radius 1 is 1.00 bits per heavy atom. The fourth-order valence-corrected chi connectivity index (χ4v) is 3.97. The van der Waals surface area contributed by atoms with Gasteiger partial charge in [0, 0.05) is 18.7 Å². The molecule has 0 amide bonds. The van der Waals surface area contributed by atoms with Gasteiger partial charge in [0.2, 0.25) is 0 Å². The molecule has 4 aromatic rings. The summed E-state index contributed by atoms with van der Waals surface area (Å²) >= 11 is 6.77. The minimum absolute atomic E-state index is 0.102. The summed E-state index contributed by atoms with van der Waals surface area (Å²) in [5.74, 6) is 2.05. The zero-order valence-corrected chi connectivity index (χ0v) is 18.0. The lowest BCUT2D eigenvalue weighted by Crippen LogP contribution is -2.17. The van der Waals surface area contributed by atoms with Crippen LogP contribution in [0.3, 0.4) is 0 Å². The van der Waals surface area contributed by atoms with Crippen molar-refractivity contribution < 1.29 is 19.1 Å². The molecule has 3 aromatic carbocycles. The summed E-state index contributed by atoms with van der Waals surface area (Å²) in [5, 5.41) is 21.0. The number of aliphatic hydroxyl groups is 1. The number of ether oxygens (including phenoxy) is 2. The molecule has 2 heterocycles. The SMILES string of the molecule is OCCNCc1ccc2c(Nc3cccc(-c4ccc5c(c4)OCCO5)c3Cl)noc2c1. The Morgan fingerprint density at radius 3 is 2.75 bits per heavy atom. The zero-order chi connectivity index (χ0) is 21.9. The summed E-state index contributed by atoms with van der Waals surface area (Å²) < 4.78 is 16.8. The van der Waals surface area contributed by atoms with E-state index in [-0.39, 0.29) is 6.61 Å². The molecule has 0 atom stereocenters. The van der Waals surface area contributed by atoms with Crippen molar-refractivity contribution in [1.29, 1.82) is 0 Å². The first-order valence-electron chi connectivity index (χ1n) is 10.4. The van der Waals surface area contributed by atoms with Crippen molar-refractivity contribution in [3.05, 3.63) is 65.2 Å². The summed E-state index contributed by atoms with van der Waals surface area (Å²) in [6.45, 7) is 2.37. The van der Waals surface area contributed by atoms with E-state index in [2.05, 4.69) is 15.8 Å². The summed E-state index contributed by atoms with van der Waals surface area (Å²) in [6.07, 6.45) is 0. The van der Waals surface area contributed by atoms with E-state index in [0.29, 0.717) is 42.7 Å². The van der Waals surface area contributed by atoms with Gasteiger partial charge in [-0.15, -0.1) is 0 Å². The van der Waals surface area contributed by atoms with Crippen LogP contribution in [-0.4, -0.2) is 36.6 Å². The van der Waals surface area contributed by atoms with Crippen LogP contribution in [0.5, 0.6) is 11.5 Å². The number of nitrogens with one attached hydrogen (secondary N) is 2. The van der Waals surface area contributed by atoms with E-state index in [9.17, 15) is 0 Å². The molecular weight excluding hydrogens is 430 g/mol. The van der Waals surface area contributed by atoms with E-state index in [1.54, 1.807) is 0 Å². The first kappa shape index (κ1) is 20.6. The monoisotopic (exact) mass is 451 g/mol. The van der Waals surface area contributed by atoms with Crippen LogP contribution in [0.1, 0.15) is 5.56 Å². The van der Waals surface area contributed by atoms with Gasteiger partial charge in [0.15, 0.2) is 22.9 Å². The number of benzene rings is 3. The molecule has 1 aromatic heterocycles. The van der Waals surface area contributed by atoms with Gasteiger partial charge in [0.25, 0.3) is 0 Å². The number of fused-ring (bicyclic) bond motifs is 2. The van der Waals surface area contributed by atoms with Gasteiger partial charge < -0.3 is 29.7 Å². The van der Waals surface area contributed by atoms with Crippen molar-refractivity contribution in [1.82, 2.24) is 10.5 Å². The normalized spacial score (nSPS) is 12.8. The molecule has 164 valence electrons. The summed E-state index contributed by atoms with van der Waals surface area (Å²) in [6, 6.07) is 17.5. The highest BCUT2D eigenvalue weighted by atomic mass is 35.5. The Hall–Kier alpha value is -3.26. The Balaban J connectivity index is 1.41. The van der Waals surface area contributed by atoms with Gasteiger partial charge in [-0.3, -0.25) is 0 Å². The molecule has 0 spiro atoms. The maximum Gasteiger partial charge on any atom is 0.181 e. The van der Waals surface area contributed by atoms with E-state index in [1.165, 1.54) is 0 Å². The number of rotatable bonds is 7. The maximum absolute atomic E-state index is 8.90. The molecule has 0 bridgehead atoms. The van der Waals surface area contributed by atoms with Crippen LogP contribution in [0.25, 0.3) is 22.1 Å². The van der Waals surface area contributed by atoms with Crippen LogP contribution in [-0.2, 0) is 6.54 Å². The van der Waals surface area contributed by atoms with Crippen molar-refractivity contribution >= 4 is 34.1 Å². The Morgan fingerprint density at radius 2 is 1.88 bits per heavy atom. The molecular formula is C24H22ClN3O4. The number of anilines is 2. The molecule has 0 unspecified atom stereocenters. The summed E-state index contributed by atoms with van der Waals surface area (Å²) in [7, 11) is 0. The third-order valence-corrected chi connectivity index (χ3v) is 5.67. The minimum Gasteiger partial charge on any atom is -0.486 e. The van der Waals surface area contributed by atoms with Gasteiger partial charge in [-0.05, 0) is 41.5 Å². The highest BCUT2D eigenvalue weighted by Gasteiger charge is 2.16. The molecule has 0 saturated heterocycles. The average Bonchev–Trinajstić information content (AvgIpc) is 3.22. The third kappa shape index (κ3) is 4.10. The first-order chi connectivity index (χ1) is 15.7. The van der Waals surface area contributed by atoms with E-state index in [1.807, 2.05) is 54.6 Å². The van der Waals surface area contributed by atoms with Crippen molar-refractivity contribution in [2.45, 2.75) is 6.54 Å². The summed E-state index contributed by atoms with van der Waals surface area (Å²) in [5.41, 5.74) is 4.26. The highest BCUT2D eigenvalue weighted by Crippen LogP contribution is 2.40. The van der Waals surface area contributed by atoms with Crippen LogP contribution < -0.4 is 20.1 Å². The average molecular weight is 452 g/mol. The van der Waals surface area contributed by atoms with Gasteiger partial charge >= 0.3 is 0 Å². The number of aromatic nitrogens is 1. The molecule has 5 rings (SSSR count). The van der Waals surface area contributed by atoms with Crippen LogP contribution >= 0.6 is 11.6 Å². The number of halogens is 1. The highest BCUT2D eigenvalue weighted by molar-refractivity contribution is 6.36. The minimum atomic E-state index is 0.102. The number of hydrogen-bond donors (Lipinski definition) is 3. The van der Waals surface area contributed by atoms with Gasteiger partial charge in [0.05, 0.1) is 22.7 Å². The quantitative estimate of drug-likeness (QED) is 0.349. The molecule has 3 N–H and O–H groups in total. The van der Waals surface area contributed by atoms with Crippen molar-refractivity contribution in [2.75, 3.05) is 31.7 Å². The fourth-order valence-electron chi connectivity index (χ4n) is 3.68. The lowest BCUT2D eigenvalue weighted by atomic mass is 10.0. The number of aliphatic hydroxyl groups excluding tert-OH is 1. The molecule has 0 radical (unpaired) electrons. The van der Waals surface area contributed by atoms with Gasteiger partial charge in [-0.2, -0.15) is 0 Å². The second-order valence-electron chi connectivity index (χ2n) is 7.41. The Bertz CT molecular complexity index is 1260. The van der Waals surface area contributed by atoms with Crippen molar-refractivity contribution in [2.24, 2.45) is 0 Å².